The lowest BCUT2D eigenvalue weighted by Gasteiger charge is -2.32. The highest BCUT2D eigenvalue weighted by molar-refractivity contribution is 14.0. The van der Waals surface area contributed by atoms with Crippen LogP contribution in [0.4, 0.5) is 0 Å². The molecule has 1 saturated carbocycles. The molecule has 0 heterocycles. The number of nitrogens with one attached hydrogen (secondary N) is 2. The zero-order chi connectivity index (χ0) is 22.4. The van der Waals surface area contributed by atoms with Crippen molar-refractivity contribution >= 4 is 45.9 Å². The summed E-state index contributed by atoms with van der Waals surface area (Å²) in [7, 11) is -0.287. The fourth-order valence-corrected chi connectivity index (χ4v) is 4.13. The number of hydrogen-bond acceptors (Lipinski definition) is 4. The molecule has 0 spiro atoms. The van der Waals surface area contributed by atoms with Crippen LogP contribution in [0.3, 0.4) is 0 Å². The van der Waals surface area contributed by atoms with Gasteiger partial charge in [-0.05, 0) is 41.9 Å². The second-order valence-electron chi connectivity index (χ2n) is 8.82. The molecule has 1 aliphatic rings. The summed E-state index contributed by atoms with van der Waals surface area (Å²) in [5.74, 6) is 1.20. The molecule has 31 heavy (non-hydrogen) atoms. The Morgan fingerprint density at radius 2 is 1.74 bits per heavy atom. The Kier molecular flexibility index (Phi) is 10.7. The number of sulfonamides is 1. The van der Waals surface area contributed by atoms with Gasteiger partial charge in [-0.3, -0.25) is 4.79 Å². The molecule has 0 atom stereocenters. The van der Waals surface area contributed by atoms with Gasteiger partial charge in [0.2, 0.25) is 15.9 Å². The number of amides is 1. The second-order valence-corrected chi connectivity index (χ2v) is 10.4. The molecular formula is C21H36IN5O3S. The Morgan fingerprint density at radius 3 is 2.26 bits per heavy atom. The maximum absolute atomic E-state index is 12.0. The van der Waals surface area contributed by atoms with E-state index in [4.69, 9.17) is 5.14 Å². The molecule has 1 fully saturated rings. The van der Waals surface area contributed by atoms with E-state index >= 15 is 0 Å². The van der Waals surface area contributed by atoms with Gasteiger partial charge < -0.3 is 15.5 Å². The van der Waals surface area contributed by atoms with Gasteiger partial charge in [-0.1, -0.05) is 38.8 Å². The molecule has 10 heteroatoms. The van der Waals surface area contributed by atoms with Crippen molar-refractivity contribution in [3.05, 3.63) is 29.8 Å². The Balaban J connectivity index is 0.00000480. The van der Waals surface area contributed by atoms with Gasteiger partial charge in [-0.2, -0.15) is 0 Å². The number of likely N-dealkylation sites (N-methyl/N-ethyl adjacent to an activating group) is 1. The average Bonchev–Trinajstić information content (AvgIpc) is 3.22. The first-order valence-electron chi connectivity index (χ1n) is 10.3. The van der Waals surface area contributed by atoms with Crippen LogP contribution >= 0.6 is 24.0 Å². The first kappa shape index (κ1) is 27.6. The molecule has 1 aromatic rings. The van der Waals surface area contributed by atoms with Gasteiger partial charge in [0.15, 0.2) is 5.96 Å². The fraction of sp³-hybridized carbons (Fsp3) is 0.619. The van der Waals surface area contributed by atoms with Crippen LogP contribution < -0.4 is 15.8 Å². The SMILES string of the molecule is CN(C)C(=O)CNC(=NCc1ccc(S(N)(=O)=O)cc1)NCC(C)(C)C1CCCC1.I. The Labute approximate surface area is 203 Å². The third-order valence-electron chi connectivity index (χ3n) is 5.75. The molecule has 0 aromatic heterocycles. The monoisotopic (exact) mass is 565 g/mol. The molecule has 1 amide bonds. The molecule has 0 bridgehead atoms. The molecule has 0 aliphatic heterocycles. The number of benzene rings is 1. The smallest absolute Gasteiger partial charge is 0.241 e. The predicted molar refractivity (Wildman–Crippen MR) is 135 cm³/mol. The van der Waals surface area contributed by atoms with Gasteiger partial charge in [0.1, 0.15) is 0 Å². The molecule has 0 radical (unpaired) electrons. The highest BCUT2D eigenvalue weighted by Gasteiger charge is 2.31. The average molecular weight is 566 g/mol. The summed E-state index contributed by atoms with van der Waals surface area (Å²) in [6, 6.07) is 6.32. The minimum Gasteiger partial charge on any atom is -0.356 e. The third-order valence-corrected chi connectivity index (χ3v) is 6.68. The third kappa shape index (κ3) is 8.93. The number of nitrogens with zero attached hydrogens (tertiary/aromatic N) is 2. The summed E-state index contributed by atoms with van der Waals surface area (Å²) in [4.78, 5) is 18.2. The van der Waals surface area contributed by atoms with Gasteiger partial charge in [-0.15, -0.1) is 24.0 Å². The van der Waals surface area contributed by atoms with E-state index in [0.717, 1.165) is 12.1 Å². The molecule has 176 valence electrons. The van der Waals surface area contributed by atoms with Crippen molar-refractivity contribution < 1.29 is 13.2 Å². The standard InChI is InChI=1S/C21H35N5O3S.HI/c1-21(2,17-7-5-6-8-17)15-25-20(24-14-19(27)26(3)4)23-13-16-9-11-18(12-10-16)30(22,28)29;/h9-12,17H,5-8,13-15H2,1-4H3,(H2,22,28,29)(H2,23,24,25);1H. The molecule has 2 rings (SSSR count). The van der Waals surface area contributed by atoms with Crippen molar-refractivity contribution in [2.45, 2.75) is 51.0 Å². The van der Waals surface area contributed by atoms with Crippen molar-refractivity contribution in [3.8, 4) is 0 Å². The summed E-state index contributed by atoms with van der Waals surface area (Å²) >= 11 is 0. The molecule has 4 N–H and O–H groups in total. The summed E-state index contributed by atoms with van der Waals surface area (Å²) in [5.41, 5.74) is 0.972. The van der Waals surface area contributed by atoms with E-state index in [-0.39, 0.29) is 46.7 Å². The molecule has 8 nitrogen and oxygen atoms in total. The van der Waals surface area contributed by atoms with Crippen LogP contribution in [0, 0.1) is 11.3 Å². The summed E-state index contributed by atoms with van der Waals surface area (Å²) in [6.07, 6.45) is 5.09. The van der Waals surface area contributed by atoms with Crippen molar-refractivity contribution in [1.82, 2.24) is 15.5 Å². The number of halogens is 1. The van der Waals surface area contributed by atoms with Crippen LogP contribution in [0.25, 0.3) is 0 Å². The first-order chi connectivity index (χ1) is 14.0. The largest absolute Gasteiger partial charge is 0.356 e. The van der Waals surface area contributed by atoms with Crippen LogP contribution in [-0.2, 0) is 21.4 Å². The quantitative estimate of drug-likeness (QED) is 0.254. The van der Waals surface area contributed by atoms with Crippen LogP contribution in [0.2, 0.25) is 0 Å². The predicted octanol–water partition coefficient (Wildman–Crippen LogP) is 2.29. The molecule has 0 saturated heterocycles. The van der Waals surface area contributed by atoms with E-state index in [2.05, 4.69) is 29.5 Å². The summed E-state index contributed by atoms with van der Waals surface area (Å²) in [6.45, 7) is 5.78. The first-order valence-corrected chi connectivity index (χ1v) is 11.9. The second kappa shape index (κ2) is 12.0. The van der Waals surface area contributed by atoms with Gasteiger partial charge in [0.25, 0.3) is 0 Å². The van der Waals surface area contributed by atoms with E-state index in [0.29, 0.717) is 18.4 Å². The topological polar surface area (TPSA) is 117 Å². The van der Waals surface area contributed by atoms with Crippen LogP contribution in [0.15, 0.2) is 34.2 Å². The Hall–Kier alpha value is -1.40. The lowest BCUT2D eigenvalue weighted by Crippen LogP contribution is -2.46. The van der Waals surface area contributed by atoms with Crippen LogP contribution in [0.5, 0.6) is 0 Å². The minimum absolute atomic E-state index is 0. The lowest BCUT2D eigenvalue weighted by atomic mass is 9.78. The fourth-order valence-electron chi connectivity index (χ4n) is 3.61. The summed E-state index contributed by atoms with van der Waals surface area (Å²) < 4.78 is 22.8. The molecule has 0 unspecified atom stereocenters. The van der Waals surface area contributed by atoms with Crippen molar-refractivity contribution in [2.75, 3.05) is 27.2 Å². The number of aliphatic imine (C=N–C) groups is 1. The number of nitrogens with two attached hydrogens (primary N) is 1. The van der Waals surface area contributed by atoms with Crippen molar-refractivity contribution in [3.63, 3.8) is 0 Å². The number of guanidine groups is 1. The van der Waals surface area contributed by atoms with E-state index < -0.39 is 10.0 Å². The summed E-state index contributed by atoms with van der Waals surface area (Å²) in [5, 5.41) is 11.6. The van der Waals surface area contributed by atoms with Crippen LogP contribution in [-0.4, -0.2) is 52.4 Å². The maximum Gasteiger partial charge on any atom is 0.241 e. The highest BCUT2D eigenvalue weighted by atomic mass is 127. The van der Waals surface area contributed by atoms with E-state index in [1.807, 2.05) is 0 Å². The van der Waals surface area contributed by atoms with E-state index in [1.54, 1.807) is 26.2 Å². The normalized spacial score (nSPS) is 15.3. The molecule has 1 aliphatic carbocycles. The number of hydrogen-bond donors (Lipinski definition) is 3. The molecular weight excluding hydrogens is 529 g/mol. The van der Waals surface area contributed by atoms with Crippen molar-refractivity contribution in [1.29, 1.82) is 0 Å². The van der Waals surface area contributed by atoms with E-state index in [9.17, 15) is 13.2 Å². The number of primary sulfonamides is 1. The Morgan fingerprint density at radius 1 is 1.16 bits per heavy atom. The van der Waals surface area contributed by atoms with Gasteiger partial charge in [0.05, 0.1) is 18.0 Å². The van der Waals surface area contributed by atoms with Gasteiger partial charge in [-0.25, -0.2) is 18.5 Å². The Bertz CT molecular complexity index is 848. The highest BCUT2D eigenvalue weighted by Crippen LogP contribution is 2.38. The molecule has 1 aromatic carbocycles. The minimum atomic E-state index is -3.71. The number of carbonyl (C=O) groups is 1. The lowest BCUT2D eigenvalue weighted by molar-refractivity contribution is -0.127. The van der Waals surface area contributed by atoms with Gasteiger partial charge >= 0.3 is 0 Å². The zero-order valence-electron chi connectivity index (χ0n) is 18.8. The number of carbonyl (C=O) groups excluding carboxylic acids is 1. The van der Waals surface area contributed by atoms with Crippen LogP contribution in [0.1, 0.15) is 45.1 Å². The van der Waals surface area contributed by atoms with Gasteiger partial charge in [0, 0.05) is 20.6 Å². The van der Waals surface area contributed by atoms with E-state index in [1.165, 1.54) is 42.7 Å². The number of rotatable bonds is 8. The maximum atomic E-state index is 12.0. The van der Waals surface area contributed by atoms with Crippen molar-refractivity contribution in [2.24, 2.45) is 21.5 Å². The zero-order valence-corrected chi connectivity index (χ0v) is 22.0.